The molecular formula is C15H13F2NO5S2. The van der Waals surface area contributed by atoms with Gasteiger partial charge in [0.25, 0.3) is 15.9 Å². The van der Waals surface area contributed by atoms with E-state index in [-0.39, 0.29) is 10.5 Å². The average Bonchev–Trinajstić information content (AvgIpc) is 2.45. The summed E-state index contributed by atoms with van der Waals surface area (Å²) in [7, 11) is -8.23. The highest BCUT2D eigenvalue weighted by molar-refractivity contribution is 7.90. The first-order chi connectivity index (χ1) is 11.4. The molecule has 0 saturated carbocycles. The molecule has 1 N–H and O–H groups in total. The lowest BCUT2D eigenvalue weighted by Crippen LogP contribution is -2.31. The van der Waals surface area contributed by atoms with Crippen LogP contribution in [0.25, 0.3) is 0 Å². The normalized spacial score (nSPS) is 12.0. The molecule has 0 unspecified atom stereocenters. The molecule has 0 aliphatic heterocycles. The Labute approximate surface area is 143 Å². The van der Waals surface area contributed by atoms with Crippen LogP contribution in [0, 0.1) is 18.6 Å². The van der Waals surface area contributed by atoms with Crippen molar-refractivity contribution in [1.29, 1.82) is 0 Å². The van der Waals surface area contributed by atoms with E-state index in [9.17, 15) is 30.4 Å². The number of sulfonamides is 1. The van der Waals surface area contributed by atoms with E-state index in [1.54, 1.807) is 4.72 Å². The number of aryl methyl sites for hydroxylation is 1. The van der Waals surface area contributed by atoms with Gasteiger partial charge in [0.2, 0.25) is 0 Å². The summed E-state index contributed by atoms with van der Waals surface area (Å²) in [5.41, 5.74) is 0.142. The molecule has 0 aliphatic carbocycles. The van der Waals surface area contributed by atoms with Gasteiger partial charge in [-0.15, -0.1) is 0 Å². The molecule has 0 aliphatic rings. The highest BCUT2D eigenvalue weighted by atomic mass is 32.2. The SMILES string of the molecule is Cc1ccc(C(=O)NS(=O)(=O)c2ccc(F)cc2F)cc1S(C)(=O)=O. The van der Waals surface area contributed by atoms with Gasteiger partial charge in [-0.25, -0.2) is 30.3 Å². The van der Waals surface area contributed by atoms with Crippen molar-refractivity contribution in [3.8, 4) is 0 Å². The van der Waals surface area contributed by atoms with Crippen LogP contribution in [0.5, 0.6) is 0 Å². The van der Waals surface area contributed by atoms with Gasteiger partial charge in [0.15, 0.2) is 9.84 Å². The molecular weight excluding hydrogens is 376 g/mol. The van der Waals surface area contributed by atoms with E-state index >= 15 is 0 Å². The van der Waals surface area contributed by atoms with Crippen LogP contribution in [0.3, 0.4) is 0 Å². The first-order valence-corrected chi connectivity index (χ1v) is 10.1. The van der Waals surface area contributed by atoms with Crippen molar-refractivity contribution in [2.75, 3.05) is 6.26 Å². The third-order valence-electron chi connectivity index (χ3n) is 3.26. The maximum atomic E-state index is 13.6. The zero-order chi connectivity index (χ0) is 19.0. The third-order valence-corrected chi connectivity index (χ3v) is 5.86. The third kappa shape index (κ3) is 4.20. The predicted molar refractivity (Wildman–Crippen MR) is 85.3 cm³/mol. The molecule has 0 aromatic heterocycles. The summed E-state index contributed by atoms with van der Waals surface area (Å²) in [6, 6.07) is 5.38. The molecule has 2 rings (SSSR count). The summed E-state index contributed by atoms with van der Waals surface area (Å²) in [4.78, 5) is 11.1. The maximum absolute atomic E-state index is 13.6. The molecule has 25 heavy (non-hydrogen) atoms. The Morgan fingerprint density at radius 3 is 2.16 bits per heavy atom. The molecule has 0 bridgehead atoms. The first kappa shape index (κ1) is 19.0. The minimum atomic E-state index is -4.60. The average molecular weight is 389 g/mol. The van der Waals surface area contributed by atoms with Crippen molar-refractivity contribution in [2.45, 2.75) is 16.7 Å². The van der Waals surface area contributed by atoms with Gasteiger partial charge in [0.05, 0.1) is 4.90 Å². The maximum Gasteiger partial charge on any atom is 0.267 e. The Bertz CT molecular complexity index is 1060. The lowest BCUT2D eigenvalue weighted by Gasteiger charge is -2.10. The lowest BCUT2D eigenvalue weighted by atomic mass is 10.1. The Balaban J connectivity index is 2.39. The van der Waals surface area contributed by atoms with Crippen LogP contribution in [-0.2, 0) is 19.9 Å². The van der Waals surface area contributed by atoms with Crippen molar-refractivity contribution >= 4 is 25.8 Å². The van der Waals surface area contributed by atoms with E-state index in [1.807, 2.05) is 0 Å². The second kappa shape index (κ2) is 6.52. The quantitative estimate of drug-likeness (QED) is 0.860. The zero-order valence-corrected chi connectivity index (χ0v) is 14.7. The van der Waals surface area contributed by atoms with Gasteiger partial charge in [-0.05, 0) is 36.8 Å². The molecule has 0 atom stereocenters. The molecule has 2 aromatic rings. The zero-order valence-electron chi connectivity index (χ0n) is 13.1. The van der Waals surface area contributed by atoms with Crippen LogP contribution in [-0.4, -0.2) is 29.0 Å². The molecule has 0 fully saturated rings. The fourth-order valence-electron chi connectivity index (χ4n) is 2.07. The Hall–Kier alpha value is -2.33. The molecule has 0 saturated heterocycles. The number of hydrogen-bond acceptors (Lipinski definition) is 5. The second-order valence-electron chi connectivity index (χ2n) is 5.26. The number of rotatable bonds is 4. The first-order valence-electron chi connectivity index (χ1n) is 6.75. The molecule has 1 amide bonds. The Morgan fingerprint density at radius 1 is 0.960 bits per heavy atom. The van der Waals surface area contributed by atoms with Crippen LogP contribution in [0.15, 0.2) is 46.2 Å². The number of hydrogen-bond donors (Lipinski definition) is 1. The molecule has 2 aromatic carbocycles. The van der Waals surface area contributed by atoms with E-state index < -0.39 is 42.3 Å². The summed E-state index contributed by atoms with van der Waals surface area (Å²) in [5.74, 6) is -3.48. The molecule has 10 heteroatoms. The monoisotopic (exact) mass is 389 g/mol. The summed E-state index contributed by atoms with van der Waals surface area (Å²) < 4.78 is 75.6. The van der Waals surface area contributed by atoms with Gasteiger partial charge in [-0.3, -0.25) is 4.79 Å². The number of sulfone groups is 1. The van der Waals surface area contributed by atoms with Crippen molar-refractivity contribution in [3.63, 3.8) is 0 Å². The van der Waals surface area contributed by atoms with Crippen LogP contribution in [0.1, 0.15) is 15.9 Å². The van der Waals surface area contributed by atoms with E-state index in [0.717, 1.165) is 18.4 Å². The van der Waals surface area contributed by atoms with E-state index in [1.165, 1.54) is 19.1 Å². The minimum Gasteiger partial charge on any atom is -0.268 e. The standard InChI is InChI=1S/C15H13F2NO5S2/c1-9-3-4-10(7-14(9)24(2,20)21)15(19)18-25(22,23)13-6-5-11(16)8-12(13)17/h3-8H,1-2H3,(H,18,19). The summed E-state index contributed by atoms with van der Waals surface area (Å²) >= 11 is 0. The van der Waals surface area contributed by atoms with Crippen LogP contribution < -0.4 is 4.72 Å². The van der Waals surface area contributed by atoms with Gasteiger partial charge < -0.3 is 0 Å². The van der Waals surface area contributed by atoms with Crippen LogP contribution >= 0.6 is 0 Å². The van der Waals surface area contributed by atoms with Crippen LogP contribution in [0.4, 0.5) is 8.78 Å². The highest BCUT2D eigenvalue weighted by Gasteiger charge is 2.24. The van der Waals surface area contributed by atoms with Crippen molar-refractivity contribution in [3.05, 3.63) is 59.2 Å². The van der Waals surface area contributed by atoms with Crippen molar-refractivity contribution in [2.24, 2.45) is 0 Å². The van der Waals surface area contributed by atoms with Gasteiger partial charge >= 0.3 is 0 Å². The minimum absolute atomic E-state index is 0.134. The summed E-state index contributed by atoms with van der Waals surface area (Å²) in [6.07, 6.45) is 0.946. The fourth-order valence-corrected chi connectivity index (χ4v) is 4.10. The largest absolute Gasteiger partial charge is 0.268 e. The topological polar surface area (TPSA) is 97.4 Å². The molecule has 0 heterocycles. The fraction of sp³-hybridized carbons (Fsp3) is 0.133. The number of halogens is 2. The second-order valence-corrected chi connectivity index (χ2v) is 8.90. The van der Waals surface area contributed by atoms with E-state index in [0.29, 0.717) is 17.7 Å². The smallest absolute Gasteiger partial charge is 0.267 e. The number of benzene rings is 2. The number of amides is 1. The lowest BCUT2D eigenvalue weighted by molar-refractivity contribution is 0.0981. The van der Waals surface area contributed by atoms with E-state index in [2.05, 4.69) is 0 Å². The molecule has 0 radical (unpaired) electrons. The van der Waals surface area contributed by atoms with E-state index in [4.69, 9.17) is 0 Å². The number of nitrogens with one attached hydrogen (secondary N) is 1. The van der Waals surface area contributed by atoms with Crippen molar-refractivity contribution < 1.29 is 30.4 Å². The summed E-state index contributed by atoms with van der Waals surface area (Å²) in [5, 5.41) is 0. The molecule has 134 valence electrons. The molecule has 0 spiro atoms. The van der Waals surface area contributed by atoms with Crippen molar-refractivity contribution in [1.82, 2.24) is 4.72 Å². The predicted octanol–water partition coefficient (Wildman–Crippen LogP) is 1.80. The van der Waals surface area contributed by atoms with Crippen LogP contribution in [0.2, 0.25) is 0 Å². The van der Waals surface area contributed by atoms with Gasteiger partial charge in [-0.1, -0.05) is 6.07 Å². The number of carbonyl (C=O) groups is 1. The van der Waals surface area contributed by atoms with Gasteiger partial charge in [0.1, 0.15) is 16.5 Å². The Kier molecular flexibility index (Phi) is 4.96. The highest BCUT2D eigenvalue weighted by Crippen LogP contribution is 2.19. The Morgan fingerprint density at radius 2 is 1.60 bits per heavy atom. The van der Waals surface area contributed by atoms with Gasteiger partial charge in [0, 0.05) is 17.9 Å². The number of carbonyl (C=O) groups excluding carboxylic acids is 1. The molecule has 6 nitrogen and oxygen atoms in total. The van der Waals surface area contributed by atoms with Gasteiger partial charge in [-0.2, -0.15) is 0 Å². The summed E-state index contributed by atoms with van der Waals surface area (Å²) in [6.45, 7) is 1.52.